The predicted molar refractivity (Wildman–Crippen MR) is 70.4 cm³/mol. The van der Waals surface area contributed by atoms with Crippen molar-refractivity contribution in [3.05, 3.63) is 46.3 Å². The van der Waals surface area contributed by atoms with E-state index in [4.69, 9.17) is 0 Å². The molecule has 1 amide bonds. The summed E-state index contributed by atoms with van der Waals surface area (Å²) in [7, 11) is 1.56. The average Bonchev–Trinajstić information content (AvgIpc) is 2.47. The number of nitro groups is 1. The number of aromatic nitrogens is 3. The second-order valence-electron chi connectivity index (χ2n) is 3.66. The van der Waals surface area contributed by atoms with E-state index in [1.807, 2.05) is 0 Å². The number of benzene rings is 1. The minimum Gasteiger partial charge on any atom is -0.383 e. The van der Waals surface area contributed by atoms with Crippen molar-refractivity contribution in [2.45, 2.75) is 0 Å². The summed E-state index contributed by atoms with van der Waals surface area (Å²) >= 11 is 0. The minimum absolute atomic E-state index is 0.0258. The van der Waals surface area contributed by atoms with E-state index in [2.05, 4.69) is 25.8 Å². The van der Waals surface area contributed by atoms with Gasteiger partial charge >= 0.3 is 0 Å². The number of nitrogens with one attached hydrogen (secondary N) is 2. The topological polar surface area (TPSA) is 123 Å². The fourth-order valence-corrected chi connectivity index (χ4v) is 1.51. The maximum atomic E-state index is 11.9. The molecule has 0 radical (unpaired) electrons. The van der Waals surface area contributed by atoms with Gasteiger partial charge in [-0.2, -0.15) is 5.10 Å². The van der Waals surface area contributed by atoms with Crippen molar-refractivity contribution in [3.8, 4) is 0 Å². The number of hydrogen-bond acceptors (Lipinski definition) is 7. The van der Waals surface area contributed by atoms with Gasteiger partial charge < -0.3 is 5.32 Å². The van der Waals surface area contributed by atoms with Crippen LogP contribution in [0.25, 0.3) is 0 Å². The lowest BCUT2D eigenvalue weighted by molar-refractivity contribution is -0.384. The highest BCUT2D eigenvalue weighted by molar-refractivity contribution is 6.04. The number of nitrogens with zero attached hydrogens (tertiary/aromatic N) is 4. The molecule has 0 aliphatic carbocycles. The molecule has 9 nitrogen and oxygen atoms in total. The number of hydrogen-bond donors (Lipinski definition) is 2. The average molecular weight is 274 g/mol. The lowest BCUT2D eigenvalue weighted by Gasteiger charge is -2.05. The van der Waals surface area contributed by atoms with Gasteiger partial charge in [-0.05, 0) is 12.1 Å². The smallest absolute Gasteiger partial charge is 0.293 e. The van der Waals surface area contributed by atoms with Gasteiger partial charge in [0.05, 0.1) is 17.3 Å². The van der Waals surface area contributed by atoms with Crippen molar-refractivity contribution < 1.29 is 9.72 Å². The molecule has 0 saturated carbocycles. The molecule has 0 bridgehead atoms. The molecule has 2 aromatic rings. The summed E-state index contributed by atoms with van der Waals surface area (Å²) in [5, 5.41) is 23.1. The third kappa shape index (κ3) is 2.83. The largest absolute Gasteiger partial charge is 0.383 e. The number of nitro benzene ring substituents is 1. The SMILES string of the molecule is CNc1ccc(C(=O)Nc2nccnn2)cc1[N+](=O)[O-]. The van der Waals surface area contributed by atoms with Crippen molar-refractivity contribution in [3.63, 3.8) is 0 Å². The second kappa shape index (κ2) is 5.69. The second-order valence-corrected chi connectivity index (χ2v) is 3.66. The highest BCUT2D eigenvalue weighted by Crippen LogP contribution is 2.25. The summed E-state index contributed by atoms with van der Waals surface area (Å²) in [6.07, 6.45) is 2.73. The van der Waals surface area contributed by atoms with Gasteiger partial charge in [-0.15, -0.1) is 5.10 Å². The van der Waals surface area contributed by atoms with E-state index >= 15 is 0 Å². The number of carbonyl (C=O) groups excluding carboxylic acids is 1. The maximum absolute atomic E-state index is 11.9. The molecule has 0 fully saturated rings. The summed E-state index contributed by atoms with van der Waals surface area (Å²) in [6.45, 7) is 0. The van der Waals surface area contributed by atoms with Gasteiger partial charge in [0.2, 0.25) is 5.95 Å². The van der Waals surface area contributed by atoms with Crippen molar-refractivity contribution >= 4 is 23.2 Å². The lowest BCUT2D eigenvalue weighted by Crippen LogP contribution is -2.14. The zero-order chi connectivity index (χ0) is 14.5. The van der Waals surface area contributed by atoms with Gasteiger partial charge in [0, 0.05) is 18.7 Å². The lowest BCUT2D eigenvalue weighted by atomic mass is 10.1. The van der Waals surface area contributed by atoms with Gasteiger partial charge in [-0.25, -0.2) is 4.98 Å². The van der Waals surface area contributed by atoms with Crippen LogP contribution in [0.5, 0.6) is 0 Å². The molecule has 1 aromatic carbocycles. The van der Waals surface area contributed by atoms with Gasteiger partial charge in [-0.1, -0.05) is 0 Å². The zero-order valence-electron chi connectivity index (χ0n) is 10.4. The predicted octanol–water partition coefficient (Wildman–Crippen LogP) is 1.07. The van der Waals surface area contributed by atoms with Gasteiger partial charge in [0.15, 0.2) is 0 Å². The first kappa shape index (κ1) is 13.3. The number of anilines is 2. The summed E-state index contributed by atoms with van der Waals surface area (Å²) in [5.41, 5.74) is 0.264. The Labute approximate surface area is 113 Å². The molecule has 2 rings (SSSR count). The Morgan fingerprint density at radius 3 is 2.75 bits per heavy atom. The van der Waals surface area contributed by atoms with Crippen molar-refractivity contribution in [1.29, 1.82) is 0 Å². The molecule has 0 aliphatic heterocycles. The Kier molecular flexibility index (Phi) is 3.80. The van der Waals surface area contributed by atoms with Crippen LogP contribution in [0.1, 0.15) is 10.4 Å². The van der Waals surface area contributed by atoms with E-state index in [-0.39, 0.29) is 17.2 Å². The number of amides is 1. The van der Waals surface area contributed by atoms with Gasteiger partial charge in [0.1, 0.15) is 5.69 Å². The molecule has 2 N–H and O–H groups in total. The molecule has 0 spiro atoms. The number of carbonyl (C=O) groups is 1. The molecule has 102 valence electrons. The van der Waals surface area contributed by atoms with Crippen LogP contribution < -0.4 is 10.6 Å². The summed E-state index contributed by atoms with van der Waals surface area (Å²) in [6, 6.07) is 4.10. The fraction of sp³-hybridized carbons (Fsp3) is 0.0909. The molecular weight excluding hydrogens is 264 g/mol. The summed E-state index contributed by atoms with van der Waals surface area (Å²) in [5.74, 6) is -0.526. The third-order valence-corrected chi connectivity index (χ3v) is 2.43. The maximum Gasteiger partial charge on any atom is 0.293 e. The molecule has 1 aromatic heterocycles. The van der Waals surface area contributed by atoms with Crippen LogP contribution in [0, 0.1) is 10.1 Å². The molecular formula is C11H10N6O3. The van der Waals surface area contributed by atoms with E-state index in [9.17, 15) is 14.9 Å². The molecule has 9 heteroatoms. The first-order valence-corrected chi connectivity index (χ1v) is 5.53. The van der Waals surface area contributed by atoms with E-state index in [0.717, 1.165) is 0 Å². The highest BCUT2D eigenvalue weighted by atomic mass is 16.6. The summed E-state index contributed by atoms with van der Waals surface area (Å²) in [4.78, 5) is 26.1. The quantitative estimate of drug-likeness (QED) is 0.631. The standard InChI is InChI=1S/C11H10N6O3/c1-12-8-3-2-7(6-9(8)17(19)20)10(18)15-11-13-4-5-14-16-11/h2-6,12H,1H3,(H,13,15,16,18). The molecule has 0 saturated heterocycles. The molecule has 0 atom stereocenters. The van der Waals surface area contributed by atoms with Crippen LogP contribution in [-0.2, 0) is 0 Å². The molecule has 0 unspecified atom stereocenters. The zero-order valence-corrected chi connectivity index (χ0v) is 10.4. The Hall–Kier alpha value is -3.10. The van der Waals surface area contributed by atoms with Crippen LogP contribution in [-0.4, -0.2) is 33.1 Å². The normalized spacial score (nSPS) is 9.85. The van der Waals surface area contributed by atoms with Crippen LogP contribution >= 0.6 is 0 Å². The highest BCUT2D eigenvalue weighted by Gasteiger charge is 2.17. The van der Waals surface area contributed by atoms with E-state index in [1.165, 1.54) is 30.6 Å². The van der Waals surface area contributed by atoms with Crippen LogP contribution in [0.4, 0.5) is 17.3 Å². The Morgan fingerprint density at radius 1 is 1.35 bits per heavy atom. The Bertz CT molecular complexity index is 646. The fourth-order valence-electron chi connectivity index (χ4n) is 1.51. The van der Waals surface area contributed by atoms with Crippen LogP contribution in [0.2, 0.25) is 0 Å². The van der Waals surface area contributed by atoms with E-state index in [1.54, 1.807) is 7.05 Å². The first-order chi connectivity index (χ1) is 9.61. The minimum atomic E-state index is -0.566. The molecule has 20 heavy (non-hydrogen) atoms. The monoisotopic (exact) mass is 274 g/mol. The molecule has 1 heterocycles. The van der Waals surface area contributed by atoms with E-state index in [0.29, 0.717) is 5.69 Å². The molecule has 0 aliphatic rings. The Morgan fingerprint density at radius 2 is 2.15 bits per heavy atom. The van der Waals surface area contributed by atoms with Crippen LogP contribution in [0.3, 0.4) is 0 Å². The Balaban J connectivity index is 2.27. The van der Waals surface area contributed by atoms with Crippen molar-refractivity contribution in [2.24, 2.45) is 0 Å². The first-order valence-electron chi connectivity index (χ1n) is 5.53. The van der Waals surface area contributed by atoms with E-state index < -0.39 is 10.8 Å². The van der Waals surface area contributed by atoms with Crippen molar-refractivity contribution in [2.75, 3.05) is 17.7 Å². The summed E-state index contributed by atoms with van der Waals surface area (Å²) < 4.78 is 0. The van der Waals surface area contributed by atoms with Crippen molar-refractivity contribution in [1.82, 2.24) is 15.2 Å². The van der Waals surface area contributed by atoms with Gasteiger partial charge in [0.25, 0.3) is 11.6 Å². The number of rotatable bonds is 4. The third-order valence-electron chi connectivity index (χ3n) is 2.43. The van der Waals surface area contributed by atoms with Crippen LogP contribution in [0.15, 0.2) is 30.6 Å². The van der Waals surface area contributed by atoms with Gasteiger partial charge in [-0.3, -0.25) is 20.2 Å².